The summed E-state index contributed by atoms with van der Waals surface area (Å²) in [7, 11) is 0. The number of rotatable bonds is 5. The zero-order valence-electron chi connectivity index (χ0n) is 13.3. The monoisotopic (exact) mass is 311 g/mol. The molecule has 0 N–H and O–H groups in total. The average Bonchev–Trinajstić information content (AvgIpc) is 3.02. The van der Waals surface area contributed by atoms with Gasteiger partial charge in [-0.2, -0.15) is 5.10 Å². The van der Waals surface area contributed by atoms with Crippen molar-refractivity contribution < 1.29 is 9.53 Å². The molecule has 5 nitrogen and oxygen atoms in total. The molecule has 0 spiro atoms. The van der Waals surface area contributed by atoms with Crippen LogP contribution < -0.4 is 4.74 Å². The molecule has 120 valence electrons. The number of ether oxygens (including phenoxy) is 1. The summed E-state index contributed by atoms with van der Waals surface area (Å²) in [5, 5.41) is 7.72. The zero-order valence-corrected chi connectivity index (χ0v) is 13.3. The first kappa shape index (κ1) is 15.5. The Labute approximate surface area is 136 Å². The van der Waals surface area contributed by atoms with Crippen molar-refractivity contribution in [3.63, 3.8) is 0 Å². The van der Waals surface area contributed by atoms with Crippen molar-refractivity contribution >= 4 is 5.91 Å². The number of nitrogens with zero attached hydrogens (tertiary/aromatic N) is 3. The standard InChI is InChI=1S/C18H21N3O2/c1-14-4-2-5-15(12-14)7-8-18(22)21-11-9-16(13-21)23-17-6-3-10-19-20-17/h2-6,10,12,16H,7-9,11,13H2,1H3/t16-/m0/s1. The van der Waals surface area contributed by atoms with Crippen LogP contribution in [0, 0.1) is 6.92 Å². The number of aryl methyl sites for hydroxylation is 2. The van der Waals surface area contributed by atoms with Gasteiger partial charge < -0.3 is 9.64 Å². The van der Waals surface area contributed by atoms with Crippen LogP contribution in [-0.4, -0.2) is 40.2 Å². The second kappa shape index (κ2) is 7.22. The van der Waals surface area contributed by atoms with Gasteiger partial charge in [0.25, 0.3) is 0 Å². The van der Waals surface area contributed by atoms with Gasteiger partial charge in [-0.25, -0.2) is 0 Å². The van der Waals surface area contributed by atoms with Crippen molar-refractivity contribution in [3.8, 4) is 5.88 Å². The highest BCUT2D eigenvalue weighted by Crippen LogP contribution is 2.17. The van der Waals surface area contributed by atoms with Crippen molar-refractivity contribution in [1.82, 2.24) is 15.1 Å². The number of carbonyl (C=O) groups is 1. The Morgan fingerprint density at radius 1 is 1.35 bits per heavy atom. The van der Waals surface area contributed by atoms with E-state index in [0.717, 1.165) is 19.4 Å². The van der Waals surface area contributed by atoms with Crippen LogP contribution in [0.15, 0.2) is 42.6 Å². The van der Waals surface area contributed by atoms with E-state index >= 15 is 0 Å². The third-order valence-corrected chi connectivity index (χ3v) is 4.04. The number of carbonyl (C=O) groups excluding carboxylic acids is 1. The van der Waals surface area contributed by atoms with Crippen molar-refractivity contribution in [1.29, 1.82) is 0 Å². The largest absolute Gasteiger partial charge is 0.471 e. The summed E-state index contributed by atoms with van der Waals surface area (Å²) in [4.78, 5) is 14.2. The van der Waals surface area contributed by atoms with Gasteiger partial charge in [0.15, 0.2) is 0 Å². The molecule has 0 saturated carbocycles. The number of hydrogen-bond acceptors (Lipinski definition) is 4. The minimum absolute atomic E-state index is 0.00891. The molecule has 1 aromatic carbocycles. The maximum Gasteiger partial charge on any atom is 0.233 e. The number of amides is 1. The molecule has 1 fully saturated rings. The van der Waals surface area contributed by atoms with E-state index in [4.69, 9.17) is 4.74 Å². The highest BCUT2D eigenvalue weighted by molar-refractivity contribution is 5.76. The summed E-state index contributed by atoms with van der Waals surface area (Å²) in [6.45, 7) is 3.45. The van der Waals surface area contributed by atoms with E-state index in [9.17, 15) is 4.79 Å². The van der Waals surface area contributed by atoms with E-state index < -0.39 is 0 Å². The van der Waals surface area contributed by atoms with Gasteiger partial charge in [-0.15, -0.1) is 5.10 Å². The molecule has 1 saturated heterocycles. The van der Waals surface area contributed by atoms with E-state index in [1.165, 1.54) is 11.1 Å². The molecule has 0 bridgehead atoms. The summed E-state index contributed by atoms with van der Waals surface area (Å²) < 4.78 is 5.77. The molecule has 1 atom stereocenters. The zero-order chi connectivity index (χ0) is 16.1. The third-order valence-electron chi connectivity index (χ3n) is 4.04. The number of aromatic nitrogens is 2. The molecule has 0 unspecified atom stereocenters. The first-order valence-corrected chi connectivity index (χ1v) is 7.98. The fourth-order valence-electron chi connectivity index (χ4n) is 2.85. The first-order valence-electron chi connectivity index (χ1n) is 7.98. The van der Waals surface area contributed by atoms with Crippen molar-refractivity contribution in [2.75, 3.05) is 13.1 Å². The lowest BCUT2D eigenvalue weighted by atomic mass is 10.1. The molecule has 2 heterocycles. The van der Waals surface area contributed by atoms with Crippen LogP contribution >= 0.6 is 0 Å². The van der Waals surface area contributed by atoms with Crippen molar-refractivity contribution in [3.05, 3.63) is 53.7 Å². The number of hydrogen-bond donors (Lipinski definition) is 0. The van der Waals surface area contributed by atoms with Gasteiger partial charge in [0.2, 0.25) is 11.8 Å². The molecule has 0 radical (unpaired) electrons. The van der Waals surface area contributed by atoms with Gasteiger partial charge in [-0.3, -0.25) is 4.79 Å². The van der Waals surface area contributed by atoms with Crippen LogP contribution in [0.25, 0.3) is 0 Å². The van der Waals surface area contributed by atoms with Gasteiger partial charge in [0.05, 0.1) is 6.54 Å². The lowest BCUT2D eigenvalue weighted by molar-refractivity contribution is -0.130. The minimum Gasteiger partial charge on any atom is -0.471 e. The molecule has 3 rings (SSSR count). The summed E-state index contributed by atoms with van der Waals surface area (Å²) in [6.07, 6.45) is 3.79. The predicted molar refractivity (Wildman–Crippen MR) is 87.1 cm³/mol. The highest BCUT2D eigenvalue weighted by Gasteiger charge is 2.27. The Hall–Kier alpha value is -2.43. The molecule has 1 aromatic heterocycles. The van der Waals surface area contributed by atoms with E-state index in [1.54, 1.807) is 18.3 Å². The van der Waals surface area contributed by atoms with Gasteiger partial charge in [0.1, 0.15) is 6.10 Å². The third kappa shape index (κ3) is 4.28. The predicted octanol–water partition coefficient (Wildman–Crippen LogP) is 2.40. The van der Waals surface area contributed by atoms with Crippen molar-refractivity contribution in [2.24, 2.45) is 0 Å². The Morgan fingerprint density at radius 2 is 2.26 bits per heavy atom. The quantitative estimate of drug-likeness (QED) is 0.851. The van der Waals surface area contributed by atoms with Gasteiger partial charge in [-0.05, 0) is 25.0 Å². The highest BCUT2D eigenvalue weighted by atomic mass is 16.5. The van der Waals surface area contributed by atoms with Crippen LogP contribution in [0.1, 0.15) is 24.0 Å². The smallest absolute Gasteiger partial charge is 0.233 e. The molecule has 1 aliphatic rings. The van der Waals surface area contributed by atoms with Crippen LogP contribution in [0.3, 0.4) is 0 Å². The summed E-state index contributed by atoms with van der Waals surface area (Å²) in [5.41, 5.74) is 2.44. The molecule has 1 amide bonds. The lowest BCUT2D eigenvalue weighted by Gasteiger charge is -2.17. The molecule has 0 aliphatic carbocycles. The summed E-state index contributed by atoms with van der Waals surface area (Å²) >= 11 is 0. The Morgan fingerprint density at radius 3 is 3.04 bits per heavy atom. The summed E-state index contributed by atoms with van der Waals surface area (Å²) in [5.74, 6) is 0.711. The molecular formula is C18H21N3O2. The van der Waals surface area contributed by atoms with Crippen molar-refractivity contribution in [2.45, 2.75) is 32.3 Å². The number of likely N-dealkylation sites (tertiary alicyclic amines) is 1. The maximum absolute atomic E-state index is 12.3. The van der Waals surface area contributed by atoms with Crippen LogP contribution in [0.2, 0.25) is 0 Å². The Bertz CT molecular complexity index is 660. The van der Waals surface area contributed by atoms with E-state index in [2.05, 4.69) is 35.3 Å². The fraction of sp³-hybridized carbons (Fsp3) is 0.389. The Balaban J connectivity index is 1.47. The Kier molecular flexibility index (Phi) is 4.86. The fourth-order valence-corrected chi connectivity index (χ4v) is 2.85. The van der Waals surface area contributed by atoms with Gasteiger partial charge in [0, 0.05) is 31.6 Å². The molecule has 2 aromatic rings. The second-order valence-corrected chi connectivity index (χ2v) is 5.92. The van der Waals surface area contributed by atoms with Gasteiger partial charge >= 0.3 is 0 Å². The van der Waals surface area contributed by atoms with Crippen LogP contribution in [-0.2, 0) is 11.2 Å². The second-order valence-electron chi connectivity index (χ2n) is 5.92. The van der Waals surface area contributed by atoms with E-state index in [1.807, 2.05) is 11.0 Å². The summed E-state index contributed by atoms with van der Waals surface area (Å²) in [6, 6.07) is 11.9. The van der Waals surface area contributed by atoms with Gasteiger partial charge in [-0.1, -0.05) is 29.8 Å². The topological polar surface area (TPSA) is 55.3 Å². The normalized spacial score (nSPS) is 17.3. The number of benzene rings is 1. The van der Waals surface area contributed by atoms with E-state index in [0.29, 0.717) is 18.8 Å². The maximum atomic E-state index is 12.3. The van der Waals surface area contributed by atoms with Crippen LogP contribution in [0.4, 0.5) is 0 Å². The van der Waals surface area contributed by atoms with Crippen LogP contribution in [0.5, 0.6) is 5.88 Å². The first-order chi connectivity index (χ1) is 11.2. The molecule has 23 heavy (non-hydrogen) atoms. The molecule has 1 aliphatic heterocycles. The molecule has 5 heteroatoms. The lowest BCUT2D eigenvalue weighted by Crippen LogP contribution is -2.31. The molecular weight excluding hydrogens is 290 g/mol. The average molecular weight is 311 g/mol. The SMILES string of the molecule is Cc1cccc(CCC(=O)N2CC[C@H](Oc3cccnn3)C2)c1. The van der Waals surface area contributed by atoms with E-state index in [-0.39, 0.29) is 12.0 Å². The minimum atomic E-state index is 0.00891.